The van der Waals surface area contributed by atoms with Crippen LogP contribution in [-0.2, 0) is 4.79 Å². The molecule has 20 heavy (non-hydrogen) atoms. The van der Waals surface area contributed by atoms with E-state index in [-0.39, 0.29) is 5.91 Å². The predicted molar refractivity (Wildman–Crippen MR) is 83.2 cm³/mol. The highest BCUT2D eigenvalue weighted by Gasteiger charge is 2.10. The van der Waals surface area contributed by atoms with Crippen molar-refractivity contribution in [3.05, 3.63) is 24.3 Å². The Labute approximate surface area is 122 Å². The number of likely N-dealkylation sites (N-methyl/N-ethyl adjacent to an activating group) is 1. The summed E-state index contributed by atoms with van der Waals surface area (Å²) in [5.74, 6) is 1.36. The van der Waals surface area contributed by atoms with Gasteiger partial charge in [0.25, 0.3) is 0 Å². The Hall–Kier alpha value is -1.55. The predicted octanol–water partition coefficient (Wildman–Crippen LogP) is 3.00. The summed E-state index contributed by atoms with van der Waals surface area (Å²) in [4.78, 5) is 14.1. The van der Waals surface area contributed by atoms with Gasteiger partial charge >= 0.3 is 0 Å². The van der Waals surface area contributed by atoms with E-state index in [0.717, 1.165) is 18.7 Å². The number of nitrogens with zero attached hydrogens (tertiary/aromatic N) is 1. The molecule has 4 nitrogen and oxygen atoms in total. The van der Waals surface area contributed by atoms with Crippen LogP contribution in [0.1, 0.15) is 27.2 Å². The summed E-state index contributed by atoms with van der Waals surface area (Å²) in [5.41, 5.74) is 0.733. The normalized spacial score (nSPS) is 10.9. The topological polar surface area (TPSA) is 41.6 Å². The molecule has 1 aromatic rings. The van der Waals surface area contributed by atoms with Crippen LogP contribution in [0, 0.1) is 5.92 Å². The van der Waals surface area contributed by atoms with E-state index in [1.807, 2.05) is 43.1 Å². The number of amides is 1. The molecule has 1 N–H and O–H groups in total. The van der Waals surface area contributed by atoms with Gasteiger partial charge in [0.05, 0.1) is 18.8 Å². The van der Waals surface area contributed by atoms with Gasteiger partial charge in [0.1, 0.15) is 5.75 Å². The van der Waals surface area contributed by atoms with Crippen molar-refractivity contribution in [1.29, 1.82) is 0 Å². The minimum Gasteiger partial charge on any atom is -0.492 e. The second-order valence-corrected chi connectivity index (χ2v) is 5.40. The SMILES string of the molecule is CCOc1ccccc1NC(=O)CN(C)CCC(C)C. The van der Waals surface area contributed by atoms with E-state index < -0.39 is 0 Å². The molecule has 4 heteroatoms. The molecular formula is C16H26N2O2. The summed E-state index contributed by atoms with van der Waals surface area (Å²) < 4.78 is 5.49. The Kier molecular flexibility index (Phi) is 7.09. The van der Waals surface area contributed by atoms with Crippen molar-refractivity contribution in [2.45, 2.75) is 27.2 Å². The zero-order valence-electron chi connectivity index (χ0n) is 13.0. The summed E-state index contributed by atoms with van der Waals surface area (Å²) in [6.07, 6.45) is 1.10. The van der Waals surface area contributed by atoms with Crippen molar-refractivity contribution in [3.8, 4) is 5.75 Å². The van der Waals surface area contributed by atoms with Gasteiger partial charge in [-0.1, -0.05) is 26.0 Å². The highest BCUT2D eigenvalue weighted by atomic mass is 16.5. The van der Waals surface area contributed by atoms with Gasteiger partial charge in [-0.3, -0.25) is 9.69 Å². The van der Waals surface area contributed by atoms with Gasteiger partial charge in [0.2, 0.25) is 5.91 Å². The van der Waals surface area contributed by atoms with Crippen LogP contribution >= 0.6 is 0 Å². The first-order valence-corrected chi connectivity index (χ1v) is 7.23. The highest BCUT2D eigenvalue weighted by molar-refractivity contribution is 5.93. The van der Waals surface area contributed by atoms with Gasteiger partial charge in [0, 0.05) is 0 Å². The number of carbonyl (C=O) groups excluding carboxylic acids is 1. The number of hydrogen-bond donors (Lipinski definition) is 1. The first kappa shape index (κ1) is 16.5. The van der Waals surface area contributed by atoms with E-state index in [1.165, 1.54) is 0 Å². The number of ether oxygens (including phenoxy) is 1. The standard InChI is InChI=1S/C16H26N2O2/c1-5-20-15-9-7-6-8-14(15)17-16(19)12-18(4)11-10-13(2)3/h6-9,13H,5,10-12H2,1-4H3,(H,17,19). The van der Waals surface area contributed by atoms with Crippen LogP contribution in [0.15, 0.2) is 24.3 Å². The van der Waals surface area contributed by atoms with E-state index in [0.29, 0.717) is 24.8 Å². The molecule has 0 radical (unpaired) electrons. The van der Waals surface area contributed by atoms with Gasteiger partial charge in [-0.05, 0) is 45.0 Å². The molecule has 0 aliphatic heterocycles. The Morgan fingerprint density at radius 2 is 2.05 bits per heavy atom. The van der Waals surface area contributed by atoms with Crippen molar-refractivity contribution in [3.63, 3.8) is 0 Å². The quantitative estimate of drug-likeness (QED) is 0.795. The molecule has 1 rings (SSSR count). The van der Waals surface area contributed by atoms with Gasteiger partial charge in [0.15, 0.2) is 0 Å². The van der Waals surface area contributed by atoms with E-state index in [1.54, 1.807) is 0 Å². The molecule has 0 aliphatic rings. The van der Waals surface area contributed by atoms with E-state index in [2.05, 4.69) is 19.2 Å². The molecule has 1 aromatic carbocycles. The van der Waals surface area contributed by atoms with Gasteiger partial charge in [-0.25, -0.2) is 0 Å². The number of para-hydroxylation sites is 2. The fourth-order valence-corrected chi connectivity index (χ4v) is 1.84. The molecule has 0 heterocycles. The second kappa shape index (κ2) is 8.59. The lowest BCUT2D eigenvalue weighted by Crippen LogP contribution is -2.31. The summed E-state index contributed by atoms with van der Waals surface area (Å²) >= 11 is 0. The molecule has 1 amide bonds. The Morgan fingerprint density at radius 3 is 2.70 bits per heavy atom. The van der Waals surface area contributed by atoms with Crippen LogP contribution in [0.2, 0.25) is 0 Å². The Balaban J connectivity index is 2.49. The smallest absolute Gasteiger partial charge is 0.238 e. The lowest BCUT2D eigenvalue weighted by Gasteiger charge is -2.18. The number of anilines is 1. The lowest BCUT2D eigenvalue weighted by molar-refractivity contribution is -0.117. The molecule has 0 fully saturated rings. The maximum Gasteiger partial charge on any atom is 0.238 e. The maximum atomic E-state index is 12.0. The van der Waals surface area contributed by atoms with E-state index >= 15 is 0 Å². The van der Waals surface area contributed by atoms with Gasteiger partial charge < -0.3 is 10.1 Å². The summed E-state index contributed by atoms with van der Waals surface area (Å²) in [7, 11) is 1.97. The number of hydrogen-bond acceptors (Lipinski definition) is 3. The molecule has 0 atom stereocenters. The molecular weight excluding hydrogens is 252 g/mol. The largest absolute Gasteiger partial charge is 0.492 e. The van der Waals surface area contributed by atoms with Crippen molar-refractivity contribution < 1.29 is 9.53 Å². The molecule has 112 valence electrons. The minimum absolute atomic E-state index is 0.0107. The average Bonchev–Trinajstić information content (AvgIpc) is 2.39. The van der Waals surface area contributed by atoms with Crippen LogP contribution in [0.5, 0.6) is 5.75 Å². The maximum absolute atomic E-state index is 12.0. The average molecular weight is 278 g/mol. The Morgan fingerprint density at radius 1 is 1.35 bits per heavy atom. The monoisotopic (exact) mass is 278 g/mol. The van der Waals surface area contributed by atoms with E-state index in [4.69, 9.17) is 4.74 Å². The number of carbonyl (C=O) groups is 1. The van der Waals surface area contributed by atoms with Crippen LogP contribution < -0.4 is 10.1 Å². The van der Waals surface area contributed by atoms with Crippen LogP contribution in [0.4, 0.5) is 5.69 Å². The van der Waals surface area contributed by atoms with Crippen molar-refractivity contribution in [1.82, 2.24) is 4.90 Å². The molecule has 0 spiro atoms. The third kappa shape index (κ3) is 6.06. The Bertz CT molecular complexity index is 419. The first-order valence-electron chi connectivity index (χ1n) is 7.23. The number of rotatable bonds is 8. The van der Waals surface area contributed by atoms with Gasteiger partial charge in [-0.15, -0.1) is 0 Å². The summed E-state index contributed by atoms with van der Waals surface area (Å²) in [6, 6.07) is 7.51. The highest BCUT2D eigenvalue weighted by Crippen LogP contribution is 2.23. The van der Waals surface area contributed by atoms with E-state index in [9.17, 15) is 4.79 Å². The molecule has 0 bridgehead atoms. The third-order valence-electron chi connectivity index (χ3n) is 2.96. The second-order valence-electron chi connectivity index (χ2n) is 5.40. The minimum atomic E-state index is -0.0107. The first-order chi connectivity index (χ1) is 9.52. The van der Waals surface area contributed by atoms with Crippen LogP contribution in [0.25, 0.3) is 0 Å². The van der Waals surface area contributed by atoms with Crippen LogP contribution in [0.3, 0.4) is 0 Å². The zero-order valence-corrected chi connectivity index (χ0v) is 13.0. The zero-order chi connectivity index (χ0) is 15.0. The summed E-state index contributed by atoms with van der Waals surface area (Å²) in [5, 5.41) is 2.91. The van der Waals surface area contributed by atoms with Crippen LogP contribution in [-0.4, -0.2) is 37.6 Å². The summed E-state index contributed by atoms with van der Waals surface area (Å²) in [6.45, 7) is 8.21. The molecule has 0 aliphatic carbocycles. The number of benzene rings is 1. The molecule has 0 aromatic heterocycles. The number of nitrogens with one attached hydrogen (secondary N) is 1. The van der Waals surface area contributed by atoms with Crippen molar-refractivity contribution >= 4 is 11.6 Å². The third-order valence-corrected chi connectivity index (χ3v) is 2.96. The fraction of sp³-hybridized carbons (Fsp3) is 0.562. The lowest BCUT2D eigenvalue weighted by atomic mass is 10.1. The fourth-order valence-electron chi connectivity index (χ4n) is 1.84. The molecule has 0 unspecified atom stereocenters. The van der Waals surface area contributed by atoms with Gasteiger partial charge in [-0.2, -0.15) is 0 Å². The molecule has 0 saturated carbocycles. The molecule has 0 saturated heterocycles. The van der Waals surface area contributed by atoms with Crippen molar-refractivity contribution in [2.75, 3.05) is 32.1 Å². The van der Waals surface area contributed by atoms with Crippen molar-refractivity contribution in [2.24, 2.45) is 5.92 Å².